The van der Waals surface area contributed by atoms with Crippen molar-refractivity contribution >= 4 is 5.78 Å². The van der Waals surface area contributed by atoms with Crippen LogP contribution in [-0.4, -0.2) is 10.8 Å². The van der Waals surface area contributed by atoms with Crippen molar-refractivity contribution in [2.75, 3.05) is 0 Å². The second-order valence-electron chi connectivity index (χ2n) is 4.07. The van der Waals surface area contributed by atoms with Crippen molar-refractivity contribution in [1.29, 1.82) is 0 Å². The third-order valence-corrected chi connectivity index (χ3v) is 2.72. The normalized spacial score (nSPS) is 11.4. The van der Waals surface area contributed by atoms with Crippen molar-refractivity contribution in [3.05, 3.63) is 65.0 Å². The molecule has 0 aliphatic heterocycles. The summed E-state index contributed by atoms with van der Waals surface area (Å²) < 4.78 is 39.1. The largest absolute Gasteiger partial charge is 0.417 e. The zero-order chi connectivity index (χ0) is 14.0. The first-order chi connectivity index (χ1) is 8.91. The lowest BCUT2D eigenvalue weighted by atomic mass is 9.95. The molecule has 1 aromatic heterocycles. The fourth-order valence-corrected chi connectivity index (χ4v) is 1.89. The molecule has 1 aromatic carbocycles. The van der Waals surface area contributed by atoms with Crippen LogP contribution in [0.3, 0.4) is 0 Å². The van der Waals surface area contributed by atoms with Crippen molar-refractivity contribution in [3.63, 3.8) is 0 Å². The lowest BCUT2D eigenvalue weighted by Crippen LogP contribution is -2.15. The molecule has 0 saturated carbocycles. The monoisotopic (exact) mass is 265 g/mol. The quantitative estimate of drug-likeness (QED) is 0.776. The molecular weight excluding hydrogens is 255 g/mol. The van der Waals surface area contributed by atoms with E-state index in [9.17, 15) is 18.0 Å². The zero-order valence-electron chi connectivity index (χ0n) is 10.0. The molecule has 0 spiro atoms. The van der Waals surface area contributed by atoms with Crippen LogP contribution in [0, 0.1) is 6.92 Å². The fraction of sp³-hybridized carbons (Fsp3) is 0.143. The third kappa shape index (κ3) is 2.65. The molecule has 0 saturated heterocycles. The lowest BCUT2D eigenvalue weighted by molar-refractivity contribution is -0.138. The van der Waals surface area contributed by atoms with Crippen molar-refractivity contribution < 1.29 is 18.0 Å². The van der Waals surface area contributed by atoms with Gasteiger partial charge in [0.05, 0.1) is 5.56 Å². The minimum Gasteiger partial charge on any atom is -0.289 e. The van der Waals surface area contributed by atoms with E-state index in [0.29, 0.717) is 0 Å². The molecule has 0 amide bonds. The minimum atomic E-state index is -4.56. The molecule has 5 heteroatoms. The number of rotatable bonds is 2. The average molecular weight is 265 g/mol. The fourth-order valence-electron chi connectivity index (χ4n) is 1.89. The van der Waals surface area contributed by atoms with E-state index in [1.807, 2.05) is 0 Å². The Bertz CT molecular complexity index is 606. The molecule has 0 atom stereocenters. The van der Waals surface area contributed by atoms with E-state index in [0.717, 1.165) is 0 Å². The molecule has 2 aromatic rings. The first-order valence-corrected chi connectivity index (χ1v) is 5.53. The number of aromatic nitrogens is 1. The van der Waals surface area contributed by atoms with Crippen LogP contribution >= 0.6 is 0 Å². The molecule has 19 heavy (non-hydrogen) atoms. The Balaban J connectivity index is 2.58. The van der Waals surface area contributed by atoms with E-state index >= 15 is 0 Å². The Morgan fingerprint density at radius 1 is 1.16 bits per heavy atom. The summed E-state index contributed by atoms with van der Waals surface area (Å²) in [4.78, 5) is 15.9. The molecular formula is C14H10F3NO. The van der Waals surface area contributed by atoms with Gasteiger partial charge in [-0.15, -0.1) is 0 Å². The molecule has 0 fully saturated rings. The van der Waals surface area contributed by atoms with Gasteiger partial charge in [-0.1, -0.05) is 18.2 Å². The SMILES string of the molecule is Cc1cccc(C(=O)c2cccnc2)c1C(F)(F)F. The number of hydrogen-bond acceptors (Lipinski definition) is 2. The summed E-state index contributed by atoms with van der Waals surface area (Å²) in [5.74, 6) is -0.677. The van der Waals surface area contributed by atoms with Gasteiger partial charge in [0.25, 0.3) is 0 Å². The molecule has 98 valence electrons. The number of hydrogen-bond donors (Lipinski definition) is 0. The predicted octanol–water partition coefficient (Wildman–Crippen LogP) is 3.64. The zero-order valence-corrected chi connectivity index (χ0v) is 10.0. The summed E-state index contributed by atoms with van der Waals surface area (Å²) in [6.07, 6.45) is -1.85. The third-order valence-electron chi connectivity index (χ3n) is 2.72. The summed E-state index contributed by atoms with van der Waals surface area (Å²) in [5.41, 5.74) is -1.06. The first kappa shape index (κ1) is 13.3. The Kier molecular flexibility index (Phi) is 3.38. The van der Waals surface area contributed by atoms with Gasteiger partial charge in [-0.2, -0.15) is 13.2 Å². The second kappa shape index (κ2) is 4.84. The lowest BCUT2D eigenvalue weighted by Gasteiger charge is -2.14. The van der Waals surface area contributed by atoms with Gasteiger partial charge in [-0.05, 0) is 24.6 Å². The Morgan fingerprint density at radius 3 is 2.47 bits per heavy atom. The van der Waals surface area contributed by atoms with Crippen LogP contribution in [0.1, 0.15) is 27.0 Å². The number of nitrogens with zero attached hydrogens (tertiary/aromatic N) is 1. The second-order valence-corrected chi connectivity index (χ2v) is 4.07. The average Bonchev–Trinajstić information content (AvgIpc) is 2.37. The number of halogens is 3. The van der Waals surface area contributed by atoms with Gasteiger partial charge < -0.3 is 0 Å². The molecule has 0 aliphatic rings. The summed E-state index contributed by atoms with van der Waals surface area (Å²) in [6, 6.07) is 6.91. The summed E-state index contributed by atoms with van der Waals surface area (Å²) in [7, 11) is 0. The van der Waals surface area contributed by atoms with E-state index in [2.05, 4.69) is 4.98 Å². The van der Waals surface area contributed by atoms with E-state index in [1.165, 1.54) is 49.6 Å². The van der Waals surface area contributed by atoms with Crippen molar-refractivity contribution in [2.45, 2.75) is 13.1 Å². The van der Waals surface area contributed by atoms with Gasteiger partial charge in [0, 0.05) is 23.5 Å². The smallest absolute Gasteiger partial charge is 0.289 e. The van der Waals surface area contributed by atoms with E-state index in [-0.39, 0.29) is 16.7 Å². The number of alkyl halides is 3. The standard InChI is InChI=1S/C14H10F3NO/c1-9-4-2-6-11(12(9)14(15,16)17)13(19)10-5-3-7-18-8-10/h2-8H,1H3. The number of benzene rings is 1. The van der Waals surface area contributed by atoms with E-state index in [1.54, 1.807) is 0 Å². The molecule has 2 rings (SSSR count). The number of aryl methyl sites for hydroxylation is 1. The molecule has 0 bridgehead atoms. The highest BCUT2D eigenvalue weighted by molar-refractivity contribution is 6.10. The Labute approximate surface area is 107 Å². The maximum absolute atomic E-state index is 13.0. The van der Waals surface area contributed by atoms with Crippen LogP contribution in [0.15, 0.2) is 42.7 Å². The van der Waals surface area contributed by atoms with Crippen LogP contribution in [-0.2, 0) is 6.18 Å². The molecule has 1 heterocycles. The summed E-state index contributed by atoms with van der Waals surface area (Å²) in [5, 5.41) is 0. The molecule has 2 nitrogen and oxygen atoms in total. The molecule has 0 N–H and O–H groups in total. The number of pyridine rings is 1. The highest BCUT2D eigenvalue weighted by Gasteiger charge is 2.36. The van der Waals surface area contributed by atoms with Gasteiger partial charge in [-0.25, -0.2) is 0 Å². The molecule has 0 radical (unpaired) electrons. The maximum atomic E-state index is 13.0. The predicted molar refractivity (Wildman–Crippen MR) is 63.9 cm³/mol. The molecule has 0 unspecified atom stereocenters. The van der Waals surface area contributed by atoms with Crippen molar-refractivity contribution in [2.24, 2.45) is 0 Å². The van der Waals surface area contributed by atoms with Crippen LogP contribution in [0.4, 0.5) is 13.2 Å². The van der Waals surface area contributed by atoms with Gasteiger partial charge in [0.2, 0.25) is 0 Å². The minimum absolute atomic E-state index is 0.0299. The Hall–Kier alpha value is -2.17. The van der Waals surface area contributed by atoms with Gasteiger partial charge in [0.15, 0.2) is 5.78 Å². The highest BCUT2D eigenvalue weighted by Crippen LogP contribution is 2.35. The van der Waals surface area contributed by atoms with E-state index in [4.69, 9.17) is 0 Å². The van der Waals surface area contributed by atoms with Crippen molar-refractivity contribution in [3.8, 4) is 0 Å². The van der Waals surface area contributed by atoms with Crippen LogP contribution in [0.5, 0.6) is 0 Å². The first-order valence-electron chi connectivity index (χ1n) is 5.53. The summed E-state index contributed by atoms with van der Waals surface area (Å²) in [6.45, 7) is 1.34. The van der Waals surface area contributed by atoms with Crippen LogP contribution in [0.25, 0.3) is 0 Å². The summed E-state index contributed by atoms with van der Waals surface area (Å²) >= 11 is 0. The number of carbonyl (C=O) groups is 1. The van der Waals surface area contributed by atoms with E-state index < -0.39 is 17.5 Å². The van der Waals surface area contributed by atoms with Crippen molar-refractivity contribution in [1.82, 2.24) is 4.98 Å². The van der Waals surface area contributed by atoms with Gasteiger partial charge in [0.1, 0.15) is 0 Å². The van der Waals surface area contributed by atoms with Crippen LogP contribution < -0.4 is 0 Å². The highest BCUT2D eigenvalue weighted by atomic mass is 19.4. The molecule has 0 aliphatic carbocycles. The maximum Gasteiger partial charge on any atom is 0.417 e. The topological polar surface area (TPSA) is 30.0 Å². The Morgan fingerprint density at radius 2 is 1.89 bits per heavy atom. The number of carbonyl (C=O) groups excluding carboxylic acids is 1. The number of ketones is 1. The van der Waals surface area contributed by atoms with Gasteiger partial charge >= 0.3 is 6.18 Å². The van der Waals surface area contributed by atoms with Gasteiger partial charge in [-0.3, -0.25) is 9.78 Å². The van der Waals surface area contributed by atoms with Crippen LogP contribution in [0.2, 0.25) is 0 Å².